The Hall–Kier alpha value is -2.83. The smallest absolute Gasteiger partial charge is 0.434 e. The zero-order chi connectivity index (χ0) is 21.4. The Labute approximate surface area is 177 Å². The summed E-state index contributed by atoms with van der Waals surface area (Å²) in [6.07, 6.45) is 13.5. The predicted molar refractivity (Wildman–Crippen MR) is 113 cm³/mol. The van der Waals surface area contributed by atoms with Gasteiger partial charge in [-0.15, -0.1) is 0 Å². The minimum atomic E-state index is -0.739. The molecule has 0 radical (unpaired) electrons. The highest BCUT2D eigenvalue weighted by Gasteiger charge is 2.06. The lowest BCUT2D eigenvalue weighted by Gasteiger charge is -2.06. The van der Waals surface area contributed by atoms with Crippen molar-refractivity contribution in [1.29, 1.82) is 0 Å². The van der Waals surface area contributed by atoms with Crippen molar-refractivity contribution in [2.24, 2.45) is 0 Å². The van der Waals surface area contributed by atoms with Gasteiger partial charge in [0.25, 0.3) is 0 Å². The largest absolute Gasteiger partial charge is 0.542 e. The van der Waals surface area contributed by atoms with Crippen LogP contribution in [0.5, 0.6) is 5.75 Å². The standard InChI is InChI=1S/C23H31NO6/c1-2-3-12-19-14-16-20(17-15-19)28-22(25)27-18-11-9-7-5-4-6-8-10-13-21-24-30-23(26)29-21/h3,12,14-17H,2,4-11,13,18H2,1H3. The zero-order valence-corrected chi connectivity index (χ0v) is 17.6. The Morgan fingerprint density at radius 1 is 1.00 bits per heavy atom. The van der Waals surface area contributed by atoms with Crippen molar-refractivity contribution in [3.63, 3.8) is 0 Å². The van der Waals surface area contributed by atoms with Crippen LogP contribution in [0.4, 0.5) is 4.79 Å². The van der Waals surface area contributed by atoms with Crippen molar-refractivity contribution in [3.8, 4) is 5.75 Å². The molecule has 7 heteroatoms. The van der Waals surface area contributed by atoms with Crippen LogP contribution >= 0.6 is 0 Å². The van der Waals surface area contributed by atoms with Crippen LogP contribution in [0.15, 0.2) is 44.1 Å². The first kappa shape index (κ1) is 23.4. The van der Waals surface area contributed by atoms with Gasteiger partial charge in [0, 0.05) is 6.42 Å². The molecule has 0 aliphatic carbocycles. The molecule has 0 fully saturated rings. The lowest BCUT2D eigenvalue weighted by Crippen LogP contribution is -2.11. The summed E-state index contributed by atoms with van der Waals surface area (Å²) in [7, 11) is 0. The topological polar surface area (TPSA) is 91.8 Å². The van der Waals surface area contributed by atoms with E-state index in [2.05, 4.69) is 22.7 Å². The Bertz CT molecular complexity index is 806. The normalized spacial score (nSPS) is 11.1. The number of aryl methyl sites for hydroxylation is 1. The molecule has 0 atom stereocenters. The monoisotopic (exact) mass is 417 g/mol. The van der Waals surface area contributed by atoms with E-state index in [0.29, 0.717) is 24.7 Å². The van der Waals surface area contributed by atoms with Crippen molar-refractivity contribution in [2.45, 2.75) is 71.1 Å². The van der Waals surface area contributed by atoms with Gasteiger partial charge in [0.15, 0.2) is 0 Å². The molecule has 0 unspecified atom stereocenters. The molecule has 164 valence electrons. The number of ether oxygens (including phenoxy) is 2. The molecular weight excluding hydrogens is 386 g/mol. The molecule has 0 saturated heterocycles. The summed E-state index contributed by atoms with van der Waals surface area (Å²) in [4.78, 5) is 22.4. The van der Waals surface area contributed by atoms with Crippen molar-refractivity contribution in [2.75, 3.05) is 6.61 Å². The van der Waals surface area contributed by atoms with E-state index in [1.54, 1.807) is 12.1 Å². The number of hydrogen-bond acceptors (Lipinski definition) is 7. The van der Waals surface area contributed by atoms with Gasteiger partial charge in [0.1, 0.15) is 5.75 Å². The van der Waals surface area contributed by atoms with Gasteiger partial charge in [-0.05, 0) is 42.1 Å². The van der Waals surface area contributed by atoms with E-state index in [0.717, 1.165) is 63.4 Å². The minimum absolute atomic E-state index is 0.374. The number of carbonyl (C=O) groups is 1. The number of benzene rings is 1. The van der Waals surface area contributed by atoms with Gasteiger partial charge in [-0.1, -0.05) is 69.7 Å². The van der Waals surface area contributed by atoms with Crippen molar-refractivity contribution in [1.82, 2.24) is 5.16 Å². The molecule has 1 heterocycles. The summed E-state index contributed by atoms with van der Waals surface area (Å²) < 4.78 is 19.4. The number of allylic oxidation sites excluding steroid dienone is 1. The molecule has 0 aliphatic rings. The summed E-state index contributed by atoms with van der Waals surface area (Å²) in [6.45, 7) is 2.45. The Morgan fingerprint density at radius 2 is 1.67 bits per heavy atom. The lowest BCUT2D eigenvalue weighted by atomic mass is 10.1. The maximum atomic E-state index is 11.7. The third-order valence-electron chi connectivity index (χ3n) is 4.56. The van der Waals surface area contributed by atoms with E-state index in [-0.39, 0.29) is 0 Å². The molecule has 0 N–H and O–H groups in total. The number of nitrogens with zero attached hydrogens (tertiary/aromatic N) is 1. The third-order valence-corrected chi connectivity index (χ3v) is 4.56. The summed E-state index contributed by atoms with van der Waals surface area (Å²) in [5, 5.41) is 3.54. The van der Waals surface area contributed by atoms with Crippen LogP contribution in [0.3, 0.4) is 0 Å². The molecule has 0 bridgehead atoms. The maximum absolute atomic E-state index is 11.7. The number of hydrogen-bond donors (Lipinski definition) is 0. The van der Waals surface area contributed by atoms with Gasteiger partial charge in [-0.3, -0.25) is 4.52 Å². The summed E-state index contributed by atoms with van der Waals surface area (Å²) >= 11 is 0. The molecule has 0 aliphatic heterocycles. The molecule has 0 amide bonds. The molecule has 30 heavy (non-hydrogen) atoms. The first-order valence-electron chi connectivity index (χ1n) is 10.7. The van der Waals surface area contributed by atoms with Crippen molar-refractivity contribution < 1.29 is 23.2 Å². The van der Waals surface area contributed by atoms with Crippen LogP contribution in [0, 0.1) is 0 Å². The second kappa shape index (κ2) is 14.2. The minimum Gasteiger partial charge on any atom is -0.434 e. The van der Waals surface area contributed by atoms with Gasteiger partial charge < -0.3 is 13.9 Å². The number of carbonyl (C=O) groups excluding carboxylic acids is 1. The number of rotatable bonds is 14. The Kier molecular flexibility index (Phi) is 11.1. The van der Waals surface area contributed by atoms with Crippen molar-refractivity contribution in [3.05, 3.63) is 52.4 Å². The Balaban J connectivity index is 1.41. The van der Waals surface area contributed by atoms with Gasteiger partial charge in [0.2, 0.25) is 5.89 Å². The van der Waals surface area contributed by atoms with E-state index in [9.17, 15) is 9.59 Å². The number of aromatic nitrogens is 1. The van der Waals surface area contributed by atoms with Crippen LogP contribution in [0.25, 0.3) is 6.08 Å². The van der Waals surface area contributed by atoms with E-state index < -0.39 is 12.0 Å². The van der Waals surface area contributed by atoms with Crippen LogP contribution in [-0.4, -0.2) is 17.9 Å². The fraction of sp³-hybridized carbons (Fsp3) is 0.522. The molecule has 7 nitrogen and oxygen atoms in total. The summed E-state index contributed by atoms with van der Waals surface area (Å²) in [5.74, 6) is 0.121. The third kappa shape index (κ3) is 10.1. The Morgan fingerprint density at radius 3 is 2.30 bits per heavy atom. The van der Waals surface area contributed by atoms with Gasteiger partial charge in [-0.2, -0.15) is 0 Å². The van der Waals surface area contributed by atoms with E-state index in [4.69, 9.17) is 13.9 Å². The first-order valence-corrected chi connectivity index (χ1v) is 10.7. The maximum Gasteiger partial charge on any atom is 0.542 e. The van der Waals surface area contributed by atoms with E-state index in [1.165, 1.54) is 0 Å². The highest BCUT2D eigenvalue weighted by Crippen LogP contribution is 2.14. The predicted octanol–water partition coefficient (Wildman–Crippen LogP) is 5.93. The van der Waals surface area contributed by atoms with Gasteiger partial charge >= 0.3 is 12.0 Å². The van der Waals surface area contributed by atoms with E-state index >= 15 is 0 Å². The second-order valence-electron chi connectivity index (χ2n) is 7.09. The van der Waals surface area contributed by atoms with Gasteiger partial charge in [-0.25, -0.2) is 9.59 Å². The zero-order valence-electron chi connectivity index (χ0n) is 17.6. The molecule has 1 aromatic heterocycles. The van der Waals surface area contributed by atoms with Crippen LogP contribution in [-0.2, 0) is 11.2 Å². The fourth-order valence-corrected chi connectivity index (χ4v) is 2.94. The second-order valence-corrected chi connectivity index (χ2v) is 7.09. The molecule has 0 saturated carbocycles. The fourth-order valence-electron chi connectivity index (χ4n) is 2.94. The molecule has 0 spiro atoms. The van der Waals surface area contributed by atoms with Crippen LogP contribution < -0.4 is 10.6 Å². The highest BCUT2D eigenvalue weighted by molar-refractivity contribution is 5.64. The first-order chi connectivity index (χ1) is 14.7. The number of unbranched alkanes of at least 4 members (excludes halogenated alkanes) is 7. The van der Waals surface area contributed by atoms with Crippen LogP contribution in [0.1, 0.15) is 76.2 Å². The average molecular weight is 418 g/mol. The SMILES string of the molecule is CCC=Cc1ccc(OC(=O)OCCCCCCCCCCc2noc(=O)o2)cc1. The van der Waals surface area contributed by atoms with Crippen LogP contribution in [0.2, 0.25) is 0 Å². The van der Waals surface area contributed by atoms with E-state index in [1.807, 2.05) is 18.2 Å². The summed E-state index contributed by atoms with van der Waals surface area (Å²) in [6, 6.07) is 7.33. The highest BCUT2D eigenvalue weighted by atomic mass is 16.7. The molecule has 2 aromatic rings. The molecular formula is C23H31NO6. The molecule has 2 rings (SSSR count). The quantitative estimate of drug-likeness (QED) is 0.214. The average Bonchev–Trinajstić information content (AvgIpc) is 3.16. The summed E-state index contributed by atoms with van der Waals surface area (Å²) in [5.41, 5.74) is 1.07. The van der Waals surface area contributed by atoms with Gasteiger partial charge in [0.05, 0.1) is 6.61 Å². The van der Waals surface area contributed by atoms with Crippen molar-refractivity contribution >= 4 is 12.2 Å². The lowest BCUT2D eigenvalue weighted by molar-refractivity contribution is 0.0973. The molecule has 1 aromatic carbocycles.